The number of nitrogens with one attached hydrogen (secondary N) is 1. The standard InChI is InChI=1S/C25H32N2O4/c1-2-15-30-23-9-6-21(7-10-23)8-11-25(28)26-20-22-4-3-5-24(19-22)31-18-14-27-12-16-29-17-13-27/h3-11,19H,2,12-18,20H2,1H3,(H,26,28)/b11-8+. The number of hydrogen-bond acceptors (Lipinski definition) is 5. The first kappa shape index (κ1) is 22.8. The molecule has 1 aliphatic rings. The lowest BCUT2D eigenvalue weighted by Crippen LogP contribution is -2.38. The van der Waals surface area contributed by atoms with Crippen molar-refractivity contribution >= 4 is 12.0 Å². The molecule has 2 aromatic rings. The van der Waals surface area contributed by atoms with Crippen LogP contribution < -0.4 is 14.8 Å². The molecule has 0 saturated carbocycles. The summed E-state index contributed by atoms with van der Waals surface area (Å²) in [4.78, 5) is 14.5. The molecule has 0 atom stereocenters. The van der Waals surface area contributed by atoms with E-state index in [2.05, 4.69) is 17.1 Å². The summed E-state index contributed by atoms with van der Waals surface area (Å²) in [5.74, 6) is 1.53. The maximum atomic E-state index is 12.2. The molecule has 1 aliphatic heterocycles. The highest BCUT2D eigenvalue weighted by Gasteiger charge is 2.09. The first-order chi connectivity index (χ1) is 15.2. The van der Waals surface area contributed by atoms with Crippen LogP contribution in [0.4, 0.5) is 0 Å². The molecule has 6 nitrogen and oxygen atoms in total. The zero-order valence-electron chi connectivity index (χ0n) is 18.2. The lowest BCUT2D eigenvalue weighted by atomic mass is 10.2. The number of ether oxygens (including phenoxy) is 3. The lowest BCUT2D eigenvalue weighted by Gasteiger charge is -2.26. The van der Waals surface area contributed by atoms with Gasteiger partial charge in [-0.1, -0.05) is 31.2 Å². The van der Waals surface area contributed by atoms with Crippen molar-refractivity contribution in [1.82, 2.24) is 10.2 Å². The first-order valence-electron chi connectivity index (χ1n) is 10.9. The molecule has 0 bridgehead atoms. The van der Waals surface area contributed by atoms with E-state index in [1.807, 2.05) is 48.5 Å². The van der Waals surface area contributed by atoms with Crippen LogP contribution in [0.25, 0.3) is 6.08 Å². The van der Waals surface area contributed by atoms with Crippen molar-refractivity contribution in [2.45, 2.75) is 19.9 Å². The van der Waals surface area contributed by atoms with Gasteiger partial charge in [0.25, 0.3) is 0 Å². The van der Waals surface area contributed by atoms with E-state index in [0.29, 0.717) is 19.8 Å². The Morgan fingerprint density at radius 2 is 1.84 bits per heavy atom. The molecular formula is C25H32N2O4. The minimum absolute atomic E-state index is 0.134. The van der Waals surface area contributed by atoms with Crippen LogP contribution in [-0.4, -0.2) is 56.9 Å². The van der Waals surface area contributed by atoms with Gasteiger partial charge in [0, 0.05) is 32.3 Å². The van der Waals surface area contributed by atoms with Crippen molar-refractivity contribution in [2.75, 3.05) is 46.1 Å². The molecule has 0 radical (unpaired) electrons. The van der Waals surface area contributed by atoms with E-state index in [9.17, 15) is 4.79 Å². The predicted octanol–water partition coefficient (Wildman–Crippen LogP) is 3.52. The van der Waals surface area contributed by atoms with Crippen LogP contribution in [-0.2, 0) is 16.1 Å². The van der Waals surface area contributed by atoms with Gasteiger partial charge in [0.2, 0.25) is 5.91 Å². The number of carbonyl (C=O) groups excluding carboxylic acids is 1. The van der Waals surface area contributed by atoms with Gasteiger partial charge in [0.1, 0.15) is 18.1 Å². The average Bonchev–Trinajstić information content (AvgIpc) is 2.82. The molecule has 0 aromatic heterocycles. The van der Waals surface area contributed by atoms with Crippen LogP contribution in [0, 0.1) is 0 Å². The van der Waals surface area contributed by atoms with E-state index in [-0.39, 0.29) is 5.91 Å². The highest BCUT2D eigenvalue weighted by atomic mass is 16.5. The van der Waals surface area contributed by atoms with E-state index >= 15 is 0 Å². The topological polar surface area (TPSA) is 60.0 Å². The van der Waals surface area contributed by atoms with Crippen molar-refractivity contribution < 1.29 is 19.0 Å². The second-order valence-corrected chi connectivity index (χ2v) is 7.42. The number of amides is 1. The summed E-state index contributed by atoms with van der Waals surface area (Å²) in [7, 11) is 0. The third-order valence-electron chi connectivity index (χ3n) is 4.93. The highest BCUT2D eigenvalue weighted by Crippen LogP contribution is 2.14. The lowest BCUT2D eigenvalue weighted by molar-refractivity contribution is -0.116. The first-order valence-corrected chi connectivity index (χ1v) is 10.9. The van der Waals surface area contributed by atoms with E-state index in [4.69, 9.17) is 14.2 Å². The second-order valence-electron chi connectivity index (χ2n) is 7.42. The van der Waals surface area contributed by atoms with Crippen LogP contribution in [0.15, 0.2) is 54.6 Å². The Bertz CT molecular complexity index is 830. The van der Waals surface area contributed by atoms with E-state index in [1.54, 1.807) is 12.2 Å². The Morgan fingerprint density at radius 1 is 1.06 bits per heavy atom. The number of benzene rings is 2. The minimum atomic E-state index is -0.134. The summed E-state index contributed by atoms with van der Waals surface area (Å²) >= 11 is 0. The second kappa shape index (κ2) is 12.8. The molecule has 2 aromatic carbocycles. The molecule has 3 rings (SSSR count). The third-order valence-corrected chi connectivity index (χ3v) is 4.93. The third kappa shape index (κ3) is 8.44. The Morgan fingerprint density at radius 3 is 2.61 bits per heavy atom. The van der Waals surface area contributed by atoms with Gasteiger partial charge < -0.3 is 19.5 Å². The maximum Gasteiger partial charge on any atom is 0.244 e. The molecule has 1 saturated heterocycles. The summed E-state index contributed by atoms with van der Waals surface area (Å²) in [6.07, 6.45) is 4.32. The van der Waals surface area contributed by atoms with Gasteiger partial charge in [-0.25, -0.2) is 0 Å². The Kier molecular flexibility index (Phi) is 9.41. The molecule has 6 heteroatoms. The summed E-state index contributed by atoms with van der Waals surface area (Å²) in [5, 5.41) is 2.92. The SMILES string of the molecule is CCCOc1ccc(/C=C/C(=O)NCc2cccc(OCCN3CCOCC3)c2)cc1. The van der Waals surface area contributed by atoms with Crippen molar-refractivity contribution in [2.24, 2.45) is 0 Å². The molecular weight excluding hydrogens is 392 g/mol. The summed E-state index contributed by atoms with van der Waals surface area (Å²) in [6.45, 7) is 8.27. The average molecular weight is 425 g/mol. The largest absolute Gasteiger partial charge is 0.494 e. The van der Waals surface area contributed by atoms with Crippen molar-refractivity contribution in [3.8, 4) is 11.5 Å². The number of hydrogen-bond donors (Lipinski definition) is 1. The molecule has 1 fully saturated rings. The van der Waals surface area contributed by atoms with Crippen molar-refractivity contribution in [3.63, 3.8) is 0 Å². The van der Waals surface area contributed by atoms with E-state index in [0.717, 1.165) is 61.9 Å². The number of morpholine rings is 1. The quantitative estimate of drug-likeness (QED) is 0.560. The van der Waals surface area contributed by atoms with Crippen molar-refractivity contribution in [3.05, 3.63) is 65.7 Å². The molecule has 1 amide bonds. The van der Waals surface area contributed by atoms with Gasteiger partial charge in [-0.05, 0) is 47.9 Å². The van der Waals surface area contributed by atoms with Crippen LogP contribution >= 0.6 is 0 Å². The van der Waals surface area contributed by atoms with Crippen molar-refractivity contribution in [1.29, 1.82) is 0 Å². The monoisotopic (exact) mass is 424 g/mol. The summed E-state index contributed by atoms with van der Waals surface area (Å²) in [6, 6.07) is 15.5. The van der Waals surface area contributed by atoms with Gasteiger partial charge in [-0.15, -0.1) is 0 Å². The van der Waals surface area contributed by atoms with Gasteiger partial charge in [-0.2, -0.15) is 0 Å². The smallest absolute Gasteiger partial charge is 0.244 e. The van der Waals surface area contributed by atoms with Crippen LogP contribution in [0.3, 0.4) is 0 Å². The molecule has 166 valence electrons. The van der Waals surface area contributed by atoms with Gasteiger partial charge in [-0.3, -0.25) is 9.69 Å². The van der Waals surface area contributed by atoms with Gasteiger partial charge in [0.05, 0.1) is 19.8 Å². The number of carbonyl (C=O) groups is 1. The van der Waals surface area contributed by atoms with Gasteiger partial charge in [0.15, 0.2) is 0 Å². The van der Waals surface area contributed by atoms with Crippen LogP contribution in [0.1, 0.15) is 24.5 Å². The fraction of sp³-hybridized carbons (Fsp3) is 0.400. The van der Waals surface area contributed by atoms with E-state index < -0.39 is 0 Å². The predicted molar refractivity (Wildman–Crippen MR) is 122 cm³/mol. The van der Waals surface area contributed by atoms with Crippen LogP contribution in [0.2, 0.25) is 0 Å². The summed E-state index contributed by atoms with van der Waals surface area (Å²) < 4.78 is 16.8. The van der Waals surface area contributed by atoms with Crippen LogP contribution in [0.5, 0.6) is 11.5 Å². The Balaban J connectivity index is 1.40. The number of nitrogens with zero attached hydrogens (tertiary/aromatic N) is 1. The Hall–Kier alpha value is -2.83. The Labute approximate surface area is 184 Å². The maximum absolute atomic E-state index is 12.2. The zero-order chi connectivity index (χ0) is 21.7. The molecule has 0 spiro atoms. The minimum Gasteiger partial charge on any atom is -0.494 e. The molecule has 31 heavy (non-hydrogen) atoms. The highest BCUT2D eigenvalue weighted by molar-refractivity contribution is 5.91. The molecule has 1 N–H and O–H groups in total. The molecule has 0 unspecified atom stereocenters. The van der Waals surface area contributed by atoms with E-state index in [1.165, 1.54) is 0 Å². The fourth-order valence-corrected chi connectivity index (χ4v) is 3.18. The molecule has 0 aliphatic carbocycles. The molecule has 1 heterocycles. The zero-order valence-corrected chi connectivity index (χ0v) is 18.2. The fourth-order valence-electron chi connectivity index (χ4n) is 3.18. The normalized spacial score (nSPS) is 14.5. The number of rotatable bonds is 11. The van der Waals surface area contributed by atoms with Gasteiger partial charge >= 0.3 is 0 Å². The summed E-state index contributed by atoms with van der Waals surface area (Å²) in [5.41, 5.74) is 1.96.